The smallest absolute Gasteiger partial charge is 0.422 e. The van der Waals surface area contributed by atoms with Crippen molar-refractivity contribution in [1.82, 2.24) is 20.3 Å². The molecule has 27 heavy (non-hydrogen) atoms. The molecule has 7 nitrogen and oxygen atoms in total. The molecular formula is C17H20F3N5O2. The van der Waals surface area contributed by atoms with Gasteiger partial charge in [0.1, 0.15) is 0 Å². The molecule has 1 N–H and O–H groups in total. The number of alkyl halides is 3. The third-order valence-corrected chi connectivity index (χ3v) is 3.83. The van der Waals surface area contributed by atoms with Gasteiger partial charge in [-0.15, -0.1) is 0 Å². The largest absolute Gasteiger partial charge is 0.468 e. The first-order valence-corrected chi connectivity index (χ1v) is 8.48. The van der Waals surface area contributed by atoms with Gasteiger partial charge in [-0.05, 0) is 5.56 Å². The fraction of sp³-hybridized carbons (Fsp3) is 0.471. The first kappa shape index (κ1) is 19.3. The maximum atomic E-state index is 12.1. The Bertz CT molecular complexity index is 704. The van der Waals surface area contributed by atoms with Crippen LogP contribution in [0.3, 0.4) is 0 Å². The quantitative estimate of drug-likeness (QED) is 0.783. The number of pyridine rings is 1. The Balaban J connectivity index is 1.42. The van der Waals surface area contributed by atoms with Gasteiger partial charge in [0.15, 0.2) is 6.61 Å². The van der Waals surface area contributed by atoms with Crippen LogP contribution >= 0.6 is 0 Å². The fourth-order valence-electron chi connectivity index (χ4n) is 2.47. The van der Waals surface area contributed by atoms with E-state index in [0.29, 0.717) is 32.3 Å². The Hall–Kier alpha value is -2.46. The van der Waals surface area contributed by atoms with Crippen LogP contribution < -0.4 is 15.0 Å². The van der Waals surface area contributed by atoms with Crippen molar-refractivity contribution in [2.75, 3.05) is 37.8 Å². The van der Waals surface area contributed by atoms with E-state index in [1.54, 1.807) is 18.5 Å². The first-order chi connectivity index (χ1) is 13.0. The highest BCUT2D eigenvalue weighted by atomic mass is 19.4. The second-order valence-electron chi connectivity index (χ2n) is 6.00. The molecule has 0 amide bonds. The third kappa shape index (κ3) is 6.33. The van der Waals surface area contributed by atoms with Crippen LogP contribution in [0, 0.1) is 0 Å². The van der Waals surface area contributed by atoms with Crippen LogP contribution in [0.1, 0.15) is 11.1 Å². The molecule has 0 spiro atoms. The van der Waals surface area contributed by atoms with Gasteiger partial charge in [-0.2, -0.15) is 13.2 Å². The van der Waals surface area contributed by atoms with Gasteiger partial charge < -0.3 is 19.7 Å². The van der Waals surface area contributed by atoms with E-state index in [0.717, 1.165) is 24.2 Å². The molecule has 2 aromatic rings. The summed E-state index contributed by atoms with van der Waals surface area (Å²) >= 11 is 0. The Morgan fingerprint density at radius 1 is 1.00 bits per heavy atom. The molecule has 1 saturated heterocycles. The molecule has 2 aromatic heterocycles. The maximum absolute atomic E-state index is 12.1. The molecule has 1 aliphatic rings. The fourth-order valence-corrected chi connectivity index (χ4v) is 2.47. The van der Waals surface area contributed by atoms with Crippen LogP contribution in [0.2, 0.25) is 0 Å². The summed E-state index contributed by atoms with van der Waals surface area (Å²) in [4.78, 5) is 14.7. The van der Waals surface area contributed by atoms with Crippen LogP contribution in [0.25, 0.3) is 0 Å². The summed E-state index contributed by atoms with van der Waals surface area (Å²) in [6.45, 7) is 2.66. The van der Waals surface area contributed by atoms with Gasteiger partial charge in [-0.25, -0.2) is 15.0 Å². The monoisotopic (exact) mass is 383 g/mol. The zero-order chi connectivity index (χ0) is 19.1. The third-order valence-electron chi connectivity index (χ3n) is 3.83. The molecule has 0 aromatic carbocycles. The topological polar surface area (TPSA) is 72.4 Å². The molecule has 10 heteroatoms. The first-order valence-electron chi connectivity index (χ1n) is 8.48. The minimum atomic E-state index is -4.37. The molecule has 0 aliphatic carbocycles. The molecule has 0 saturated carbocycles. The number of nitrogens with one attached hydrogen (secondary N) is 1. The summed E-state index contributed by atoms with van der Waals surface area (Å²) in [5.74, 6) is 0.642. The van der Waals surface area contributed by atoms with Gasteiger partial charge in [0.05, 0.1) is 13.2 Å². The number of hydrogen-bond donors (Lipinski definition) is 1. The van der Waals surface area contributed by atoms with Crippen molar-refractivity contribution in [3.63, 3.8) is 0 Å². The predicted molar refractivity (Wildman–Crippen MR) is 91.4 cm³/mol. The normalized spacial score (nSPS) is 15.0. The minimum absolute atomic E-state index is 0.0526. The van der Waals surface area contributed by atoms with E-state index < -0.39 is 12.8 Å². The molecular weight excluding hydrogens is 363 g/mol. The van der Waals surface area contributed by atoms with E-state index in [1.807, 2.05) is 0 Å². The average Bonchev–Trinajstić information content (AvgIpc) is 2.68. The zero-order valence-electron chi connectivity index (χ0n) is 14.6. The van der Waals surface area contributed by atoms with E-state index in [1.165, 1.54) is 12.3 Å². The van der Waals surface area contributed by atoms with Crippen molar-refractivity contribution < 1.29 is 22.6 Å². The maximum Gasteiger partial charge on any atom is 0.422 e. The lowest BCUT2D eigenvalue weighted by molar-refractivity contribution is -0.154. The standard InChI is InChI=1S/C17H20F3N5O2/c18-17(19,20)12-27-15-2-1-13(9-22-15)7-21-8-14-10-23-16(24-11-14)25-3-5-26-6-4-25/h1-2,9-11,21H,3-8,12H2. The van der Waals surface area contributed by atoms with Crippen molar-refractivity contribution >= 4 is 5.95 Å². The molecule has 0 atom stereocenters. The lowest BCUT2D eigenvalue weighted by atomic mass is 10.2. The van der Waals surface area contributed by atoms with Crippen molar-refractivity contribution in [2.45, 2.75) is 19.3 Å². The number of anilines is 1. The van der Waals surface area contributed by atoms with Crippen molar-refractivity contribution in [1.29, 1.82) is 0 Å². The Labute approximate surface area is 154 Å². The Kier molecular flexibility index (Phi) is 6.40. The summed E-state index contributed by atoms with van der Waals surface area (Å²) in [5.41, 5.74) is 1.77. The predicted octanol–water partition coefficient (Wildman–Crippen LogP) is 1.94. The summed E-state index contributed by atoms with van der Waals surface area (Å²) in [6, 6.07) is 3.09. The number of halogens is 3. The second kappa shape index (κ2) is 8.96. The van der Waals surface area contributed by atoms with Crippen molar-refractivity contribution in [3.8, 4) is 5.88 Å². The molecule has 1 fully saturated rings. The lowest BCUT2D eigenvalue weighted by Gasteiger charge is -2.26. The molecule has 0 radical (unpaired) electrons. The van der Waals surface area contributed by atoms with E-state index in [4.69, 9.17) is 4.74 Å². The van der Waals surface area contributed by atoms with Gasteiger partial charge in [0, 0.05) is 56.4 Å². The highest BCUT2D eigenvalue weighted by Gasteiger charge is 2.28. The highest BCUT2D eigenvalue weighted by molar-refractivity contribution is 5.30. The van der Waals surface area contributed by atoms with Crippen LogP contribution in [0.4, 0.5) is 19.1 Å². The van der Waals surface area contributed by atoms with E-state index >= 15 is 0 Å². The highest BCUT2D eigenvalue weighted by Crippen LogP contribution is 2.17. The zero-order valence-corrected chi connectivity index (χ0v) is 14.6. The summed E-state index contributed by atoms with van der Waals surface area (Å²) in [6.07, 6.45) is 0.659. The molecule has 146 valence electrons. The van der Waals surface area contributed by atoms with Crippen LogP contribution in [-0.2, 0) is 17.8 Å². The number of hydrogen-bond acceptors (Lipinski definition) is 7. The summed E-state index contributed by atoms with van der Waals surface area (Å²) in [5, 5.41) is 3.22. The van der Waals surface area contributed by atoms with E-state index in [2.05, 4.69) is 29.9 Å². The lowest BCUT2D eigenvalue weighted by Crippen LogP contribution is -2.37. The van der Waals surface area contributed by atoms with Crippen LogP contribution in [-0.4, -0.2) is 54.0 Å². The molecule has 3 rings (SSSR count). The minimum Gasteiger partial charge on any atom is -0.468 e. The van der Waals surface area contributed by atoms with Crippen LogP contribution in [0.15, 0.2) is 30.7 Å². The number of aromatic nitrogens is 3. The van der Waals surface area contributed by atoms with E-state index in [-0.39, 0.29) is 5.88 Å². The van der Waals surface area contributed by atoms with Crippen LogP contribution in [0.5, 0.6) is 5.88 Å². The van der Waals surface area contributed by atoms with Crippen molar-refractivity contribution in [2.24, 2.45) is 0 Å². The van der Waals surface area contributed by atoms with E-state index in [9.17, 15) is 13.2 Å². The number of rotatable bonds is 7. The Morgan fingerprint density at radius 3 is 2.30 bits per heavy atom. The number of nitrogens with zero attached hydrogens (tertiary/aromatic N) is 4. The molecule has 0 bridgehead atoms. The molecule has 3 heterocycles. The summed E-state index contributed by atoms with van der Waals surface area (Å²) in [7, 11) is 0. The SMILES string of the molecule is FC(F)(F)COc1ccc(CNCc2cnc(N3CCOCC3)nc2)cn1. The van der Waals surface area contributed by atoms with Gasteiger partial charge in [0.2, 0.25) is 11.8 Å². The van der Waals surface area contributed by atoms with Gasteiger partial charge in [0.25, 0.3) is 0 Å². The Morgan fingerprint density at radius 2 is 1.67 bits per heavy atom. The average molecular weight is 383 g/mol. The molecule has 0 unspecified atom stereocenters. The number of ether oxygens (including phenoxy) is 2. The van der Waals surface area contributed by atoms with Gasteiger partial charge >= 0.3 is 6.18 Å². The van der Waals surface area contributed by atoms with Gasteiger partial charge in [-0.3, -0.25) is 0 Å². The second-order valence-corrected chi connectivity index (χ2v) is 6.00. The molecule has 1 aliphatic heterocycles. The van der Waals surface area contributed by atoms with Crippen molar-refractivity contribution in [3.05, 3.63) is 41.9 Å². The summed E-state index contributed by atoms with van der Waals surface area (Å²) < 4.78 is 46.2. The van der Waals surface area contributed by atoms with Gasteiger partial charge in [-0.1, -0.05) is 6.07 Å². The number of morpholine rings is 1.